The largest absolute Gasteiger partial charge is 0.469 e. The topological polar surface area (TPSA) is 76.1 Å². The van der Waals surface area contributed by atoms with Crippen LogP contribution in [0.15, 0.2) is 60.7 Å². The fourth-order valence-electron chi connectivity index (χ4n) is 2.95. The van der Waals surface area contributed by atoms with E-state index in [1.165, 1.54) is 7.11 Å². The molecule has 2 rings (SSSR count). The van der Waals surface area contributed by atoms with Gasteiger partial charge in [0, 0.05) is 13.1 Å². The first-order valence-electron chi connectivity index (χ1n) is 9.31. The number of ether oxygens (including phenoxy) is 2. The third kappa shape index (κ3) is 6.48. The standard InChI is InChI=1S/C22H27NO5/c1-27-20(25)12-13-23(14-16-28-17-15-24)22(26)21(18-8-4-2-5-9-18)19-10-6-3-7-11-19/h2-11,21,24H,12-17H2,1H3. The molecule has 0 unspecified atom stereocenters. The van der Waals surface area contributed by atoms with E-state index < -0.39 is 5.92 Å². The lowest BCUT2D eigenvalue weighted by Crippen LogP contribution is -2.39. The van der Waals surface area contributed by atoms with Gasteiger partial charge in [-0.3, -0.25) is 9.59 Å². The molecule has 0 heterocycles. The lowest BCUT2D eigenvalue weighted by Gasteiger charge is -2.28. The summed E-state index contributed by atoms with van der Waals surface area (Å²) in [4.78, 5) is 26.7. The molecule has 0 atom stereocenters. The minimum absolute atomic E-state index is 0.0766. The van der Waals surface area contributed by atoms with Crippen molar-refractivity contribution in [3.05, 3.63) is 71.8 Å². The van der Waals surface area contributed by atoms with E-state index in [0.29, 0.717) is 6.54 Å². The number of hydrogen-bond donors (Lipinski definition) is 1. The third-order valence-corrected chi connectivity index (χ3v) is 4.38. The Morgan fingerprint density at radius 2 is 1.50 bits per heavy atom. The fourth-order valence-corrected chi connectivity index (χ4v) is 2.95. The lowest BCUT2D eigenvalue weighted by atomic mass is 9.90. The number of hydrogen-bond acceptors (Lipinski definition) is 5. The zero-order valence-corrected chi connectivity index (χ0v) is 16.1. The first-order valence-corrected chi connectivity index (χ1v) is 9.31. The van der Waals surface area contributed by atoms with Crippen molar-refractivity contribution in [1.29, 1.82) is 0 Å². The van der Waals surface area contributed by atoms with Crippen molar-refractivity contribution in [1.82, 2.24) is 4.90 Å². The van der Waals surface area contributed by atoms with Gasteiger partial charge in [-0.05, 0) is 11.1 Å². The maximum absolute atomic E-state index is 13.5. The molecule has 150 valence electrons. The SMILES string of the molecule is COC(=O)CCN(CCOCCO)C(=O)C(c1ccccc1)c1ccccc1. The van der Waals surface area contributed by atoms with Crippen LogP contribution in [0, 0.1) is 0 Å². The number of nitrogens with zero attached hydrogens (tertiary/aromatic N) is 1. The number of carbonyl (C=O) groups is 2. The van der Waals surface area contributed by atoms with Gasteiger partial charge >= 0.3 is 5.97 Å². The van der Waals surface area contributed by atoms with E-state index in [0.717, 1.165) is 11.1 Å². The average Bonchev–Trinajstić information content (AvgIpc) is 2.74. The molecule has 2 aromatic carbocycles. The van der Waals surface area contributed by atoms with E-state index in [9.17, 15) is 9.59 Å². The molecule has 0 aromatic heterocycles. The normalized spacial score (nSPS) is 10.7. The number of aliphatic hydroxyl groups is 1. The number of aliphatic hydroxyl groups excluding tert-OH is 1. The summed E-state index contributed by atoms with van der Waals surface area (Å²) in [6.45, 7) is 0.979. The van der Waals surface area contributed by atoms with Crippen molar-refractivity contribution in [2.45, 2.75) is 12.3 Å². The molecule has 0 bridgehead atoms. The molecule has 0 saturated carbocycles. The van der Waals surface area contributed by atoms with Crippen molar-refractivity contribution in [2.75, 3.05) is 40.0 Å². The first-order chi connectivity index (χ1) is 13.7. The summed E-state index contributed by atoms with van der Waals surface area (Å²) in [5.74, 6) is -0.947. The van der Waals surface area contributed by atoms with E-state index in [4.69, 9.17) is 14.6 Å². The third-order valence-electron chi connectivity index (χ3n) is 4.38. The lowest BCUT2D eigenvalue weighted by molar-refractivity contribution is -0.142. The van der Waals surface area contributed by atoms with Crippen LogP contribution < -0.4 is 0 Å². The minimum atomic E-state index is -0.474. The summed E-state index contributed by atoms with van der Waals surface area (Å²) in [5.41, 5.74) is 1.77. The maximum Gasteiger partial charge on any atom is 0.307 e. The maximum atomic E-state index is 13.5. The first kappa shape index (κ1) is 21.6. The van der Waals surface area contributed by atoms with Gasteiger partial charge < -0.3 is 19.5 Å². The van der Waals surface area contributed by atoms with Crippen LogP contribution in [0.4, 0.5) is 0 Å². The second-order valence-electron chi connectivity index (χ2n) is 6.24. The molecule has 0 saturated heterocycles. The van der Waals surface area contributed by atoms with E-state index in [1.807, 2.05) is 60.7 Å². The number of esters is 1. The van der Waals surface area contributed by atoms with Crippen LogP contribution in [-0.2, 0) is 19.1 Å². The Bertz CT molecular complexity index is 681. The predicted molar refractivity (Wildman–Crippen MR) is 106 cm³/mol. The van der Waals surface area contributed by atoms with Crippen LogP contribution in [0.25, 0.3) is 0 Å². The van der Waals surface area contributed by atoms with Crippen molar-refractivity contribution >= 4 is 11.9 Å². The summed E-state index contributed by atoms with van der Waals surface area (Å²) in [7, 11) is 1.33. The van der Waals surface area contributed by atoms with E-state index >= 15 is 0 Å². The Kier molecular flexibility index (Phi) is 9.18. The molecule has 1 amide bonds. The van der Waals surface area contributed by atoms with Crippen molar-refractivity contribution in [3.8, 4) is 0 Å². The molecule has 0 aliphatic rings. The van der Waals surface area contributed by atoms with Crippen LogP contribution in [0.3, 0.4) is 0 Å². The molecule has 2 aromatic rings. The summed E-state index contributed by atoms with van der Waals surface area (Å²) < 4.78 is 10.0. The molecule has 6 nitrogen and oxygen atoms in total. The molecule has 0 aliphatic carbocycles. The zero-order chi connectivity index (χ0) is 20.2. The molecular formula is C22H27NO5. The van der Waals surface area contributed by atoms with Gasteiger partial charge in [0.2, 0.25) is 5.91 Å². The molecular weight excluding hydrogens is 358 g/mol. The number of rotatable bonds is 11. The zero-order valence-electron chi connectivity index (χ0n) is 16.1. The predicted octanol–water partition coefficient (Wildman–Crippen LogP) is 2.22. The van der Waals surface area contributed by atoms with E-state index in [1.54, 1.807) is 4.90 Å². The Morgan fingerprint density at radius 1 is 0.929 bits per heavy atom. The smallest absolute Gasteiger partial charge is 0.307 e. The van der Waals surface area contributed by atoms with Gasteiger partial charge in [0.25, 0.3) is 0 Å². The monoisotopic (exact) mass is 385 g/mol. The molecule has 0 radical (unpaired) electrons. The minimum Gasteiger partial charge on any atom is -0.469 e. The van der Waals surface area contributed by atoms with Crippen LogP contribution in [0.2, 0.25) is 0 Å². The molecule has 0 fully saturated rings. The Hall–Kier alpha value is -2.70. The van der Waals surface area contributed by atoms with Gasteiger partial charge in [0.1, 0.15) is 0 Å². The molecule has 0 aliphatic heterocycles. The van der Waals surface area contributed by atoms with Crippen LogP contribution in [-0.4, -0.2) is 61.9 Å². The van der Waals surface area contributed by atoms with Crippen molar-refractivity contribution in [3.63, 3.8) is 0 Å². The average molecular weight is 385 g/mol. The van der Waals surface area contributed by atoms with E-state index in [-0.39, 0.29) is 44.7 Å². The number of benzene rings is 2. The second kappa shape index (κ2) is 11.9. The second-order valence-corrected chi connectivity index (χ2v) is 6.24. The van der Waals surface area contributed by atoms with Crippen LogP contribution in [0.1, 0.15) is 23.5 Å². The van der Waals surface area contributed by atoms with Crippen molar-refractivity contribution in [2.24, 2.45) is 0 Å². The van der Waals surface area contributed by atoms with Gasteiger partial charge in [-0.15, -0.1) is 0 Å². The summed E-state index contributed by atoms with van der Waals surface area (Å²) >= 11 is 0. The summed E-state index contributed by atoms with van der Waals surface area (Å²) in [5, 5.41) is 8.87. The molecule has 28 heavy (non-hydrogen) atoms. The highest BCUT2D eigenvalue weighted by atomic mass is 16.5. The quantitative estimate of drug-likeness (QED) is 0.474. The van der Waals surface area contributed by atoms with Gasteiger partial charge in [-0.2, -0.15) is 0 Å². The highest BCUT2D eigenvalue weighted by Crippen LogP contribution is 2.27. The van der Waals surface area contributed by atoms with Gasteiger partial charge in [-0.1, -0.05) is 60.7 Å². The highest BCUT2D eigenvalue weighted by molar-refractivity contribution is 5.87. The fraction of sp³-hybridized carbons (Fsp3) is 0.364. The van der Waals surface area contributed by atoms with Crippen molar-refractivity contribution < 1.29 is 24.2 Å². The molecule has 0 spiro atoms. The Balaban J connectivity index is 2.25. The van der Waals surface area contributed by atoms with Gasteiger partial charge in [-0.25, -0.2) is 0 Å². The number of methoxy groups -OCH3 is 1. The highest BCUT2D eigenvalue weighted by Gasteiger charge is 2.27. The van der Waals surface area contributed by atoms with Crippen LogP contribution >= 0.6 is 0 Å². The Morgan fingerprint density at radius 3 is 2.00 bits per heavy atom. The number of amides is 1. The Labute approximate surface area is 165 Å². The van der Waals surface area contributed by atoms with Gasteiger partial charge in [0.15, 0.2) is 0 Å². The molecule has 6 heteroatoms. The summed E-state index contributed by atoms with van der Waals surface area (Å²) in [6, 6.07) is 19.1. The van der Waals surface area contributed by atoms with Gasteiger partial charge in [0.05, 0.1) is 39.3 Å². The molecule has 1 N–H and O–H groups in total. The van der Waals surface area contributed by atoms with E-state index in [2.05, 4.69) is 0 Å². The number of carbonyl (C=O) groups excluding carboxylic acids is 2. The van der Waals surface area contributed by atoms with Crippen LogP contribution in [0.5, 0.6) is 0 Å². The summed E-state index contributed by atoms with van der Waals surface area (Å²) in [6.07, 6.45) is 0.110.